The number of hydrogen-bond donors (Lipinski definition) is 3. The minimum absolute atomic E-state index is 0.312. The molecule has 0 spiro atoms. The SMILES string of the molecule is C#CCNc1nc(Nc2cccc(S(C)(=N)=O)c2)ncc1-c1ccc(OCC)cc1. The van der Waals surface area contributed by atoms with Crippen LogP contribution in [0.25, 0.3) is 11.1 Å². The zero-order valence-electron chi connectivity index (χ0n) is 16.8. The molecule has 3 rings (SSSR count). The van der Waals surface area contributed by atoms with Crippen LogP contribution < -0.4 is 15.4 Å². The van der Waals surface area contributed by atoms with E-state index >= 15 is 0 Å². The second kappa shape index (κ2) is 9.29. The summed E-state index contributed by atoms with van der Waals surface area (Å²) in [6.45, 7) is 2.85. The van der Waals surface area contributed by atoms with Gasteiger partial charge >= 0.3 is 0 Å². The molecule has 0 aliphatic rings. The molecule has 0 aliphatic heterocycles. The first-order valence-corrected chi connectivity index (χ1v) is 11.3. The van der Waals surface area contributed by atoms with Gasteiger partial charge in [0.15, 0.2) is 0 Å². The third-order valence-electron chi connectivity index (χ3n) is 4.16. The van der Waals surface area contributed by atoms with Gasteiger partial charge in [0.2, 0.25) is 5.95 Å². The van der Waals surface area contributed by atoms with Crippen LogP contribution in [0.5, 0.6) is 5.75 Å². The van der Waals surface area contributed by atoms with Crippen LogP contribution in [0.1, 0.15) is 6.92 Å². The molecule has 2 aromatic carbocycles. The highest BCUT2D eigenvalue weighted by Gasteiger charge is 2.11. The smallest absolute Gasteiger partial charge is 0.229 e. The lowest BCUT2D eigenvalue weighted by Gasteiger charge is -2.13. The summed E-state index contributed by atoms with van der Waals surface area (Å²) in [5, 5.41) is 6.22. The largest absolute Gasteiger partial charge is 0.494 e. The van der Waals surface area contributed by atoms with Gasteiger partial charge in [-0.15, -0.1) is 6.42 Å². The maximum atomic E-state index is 12.0. The minimum Gasteiger partial charge on any atom is -0.494 e. The second-order valence-electron chi connectivity index (χ2n) is 6.47. The van der Waals surface area contributed by atoms with E-state index in [1.807, 2.05) is 31.2 Å². The fourth-order valence-electron chi connectivity index (χ4n) is 2.77. The number of nitrogens with one attached hydrogen (secondary N) is 3. The van der Waals surface area contributed by atoms with Gasteiger partial charge in [-0.1, -0.05) is 24.1 Å². The number of nitrogens with zero attached hydrogens (tertiary/aromatic N) is 2. The topological polar surface area (TPSA) is 100.0 Å². The van der Waals surface area contributed by atoms with Crippen molar-refractivity contribution in [3.05, 3.63) is 54.7 Å². The molecule has 1 aromatic heterocycles. The summed E-state index contributed by atoms with van der Waals surface area (Å²) in [7, 11) is -2.81. The molecule has 30 heavy (non-hydrogen) atoms. The van der Waals surface area contributed by atoms with Crippen molar-refractivity contribution >= 4 is 27.2 Å². The number of benzene rings is 2. The van der Waals surface area contributed by atoms with Gasteiger partial charge in [-0.25, -0.2) is 14.0 Å². The second-order valence-corrected chi connectivity index (χ2v) is 8.63. The first-order valence-electron chi connectivity index (χ1n) is 9.29. The minimum atomic E-state index is -2.81. The predicted molar refractivity (Wildman–Crippen MR) is 121 cm³/mol. The number of ether oxygens (including phenoxy) is 1. The van der Waals surface area contributed by atoms with E-state index in [9.17, 15) is 4.21 Å². The third kappa shape index (κ3) is 5.27. The highest BCUT2D eigenvalue weighted by Crippen LogP contribution is 2.29. The first kappa shape index (κ1) is 21.1. The van der Waals surface area contributed by atoms with Crippen LogP contribution in [0.3, 0.4) is 0 Å². The zero-order valence-corrected chi connectivity index (χ0v) is 17.6. The highest BCUT2D eigenvalue weighted by molar-refractivity contribution is 7.91. The molecule has 3 N–H and O–H groups in total. The normalized spacial score (nSPS) is 12.4. The molecule has 0 aliphatic carbocycles. The maximum Gasteiger partial charge on any atom is 0.229 e. The number of terminal acetylenes is 1. The average Bonchev–Trinajstić information content (AvgIpc) is 2.73. The predicted octanol–water partition coefficient (Wildman–Crippen LogP) is 4.37. The van der Waals surface area contributed by atoms with Gasteiger partial charge in [0.1, 0.15) is 11.6 Å². The fourth-order valence-corrected chi connectivity index (χ4v) is 3.46. The van der Waals surface area contributed by atoms with E-state index in [0.717, 1.165) is 16.9 Å². The summed E-state index contributed by atoms with van der Waals surface area (Å²) in [6.07, 6.45) is 8.50. The molecule has 0 saturated heterocycles. The Bertz CT molecular complexity index is 1170. The molecule has 1 heterocycles. The van der Waals surface area contributed by atoms with Crippen molar-refractivity contribution in [1.82, 2.24) is 9.97 Å². The summed E-state index contributed by atoms with van der Waals surface area (Å²) < 4.78 is 25.3. The molecule has 3 aromatic rings. The number of hydrogen-bond acceptors (Lipinski definition) is 7. The summed E-state index contributed by atoms with van der Waals surface area (Å²) in [4.78, 5) is 9.39. The van der Waals surface area contributed by atoms with E-state index in [2.05, 4.69) is 26.5 Å². The van der Waals surface area contributed by atoms with Gasteiger partial charge in [-0.2, -0.15) is 4.98 Å². The van der Waals surface area contributed by atoms with Crippen LogP contribution in [0.15, 0.2) is 59.6 Å². The van der Waals surface area contributed by atoms with Crippen LogP contribution in [0.4, 0.5) is 17.5 Å². The van der Waals surface area contributed by atoms with Crippen molar-refractivity contribution in [3.8, 4) is 29.2 Å². The summed E-state index contributed by atoms with van der Waals surface area (Å²) in [5.41, 5.74) is 2.37. The molecule has 8 heteroatoms. The van der Waals surface area contributed by atoms with E-state index in [-0.39, 0.29) is 0 Å². The first-order chi connectivity index (χ1) is 14.4. The number of aromatic nitrogens is 2. The molecule has 7 nitrogen and oxygen atoms in total. The number of rotatable bonds is 8. The zero-order chi connectivity index (χ0) is 21.6. The van der Waals surface area contributed by atoms with Gasteiger partial charge in [0.25, 0.3) is 0 Å². The Morgan fingerprint density at radius 2 is 2.00 bits per heavy atom. The van der Waals surface area contributed by atoms with Gasteiger partial charge in [-0.3, -0.25) is 0 Å². The van der Waals surface area contributed by atoms with Crippen molar-refractivity contribution in [1.29, 1.82) is 4.78 Å². The van der Waals surface area contributed by atoms with Crippen molar-refractivity contribution in [3.63, 3.8) is 0 Å². The Balaban J connectivity index is 1.92. The lowest BCUT2D eigenvalue weighted by atomic mass is 10.1. The molecule has 0 amide bonds. The summed E-state index contributed by atoms with van der Waals surface area (Å²) >= 11 is 0. The molecule has 1 unspecified atom stereocenters. The van der Waals surface area contributed by atoms with Crippen molar-refractivity contribution in [2.24, 2.45) is 0 Å². The van der Waals surface area contributed by atoms with Crippen LogP contribution in [-0.4, -0.2) is 33.6 Å². The molecule has 1 atom stereocenters. The Morgan fingerprint density at radius 3 is 2.67 bits per heavy atom. The molecular formula is C22H23N5O2S. The molecule has 154 valence electrons. The van der Waals surface area contributed by atoms with Gasteiger partial charge in [-0.05, 0) is 42.8 Å². The van der Waals surface area contributed by atoms with Crippen molar-refractivity contribution in [2.75, 3.05) is 30.0 Å². The quantitative estimate of drug-likeness (QED) is 0.467. The van der Waals surface area contributed by atoms with Crippen LogP contribution in [0, 0.1) is 17.1 Å². The summed E-state index contributed by atoms with van der Waals surface area (Å²) in [5.74, 6) is 4.29. The Hall–Kier alpha value is -3.57. The standard InChI is InChI=1S/C22H23N5O2S/c1-4-13-24-21-20(16-9-11-18(12-10-16)29-5-2)15-25-22(27-21)26-17-7-6-8-19(14-17)30(3,23)28/h1,6-12,14-15,23H,5,13H2,2-3H3,(H2,24,25,26,27). The van der Waals surface area contributed by atoms with E-state index in [4.69, 9.17) is 15.9 Å². The van der Waals surface area contributed by atoms with Gasteiger partial charge in [0.05, 0.1) is 22.9 Å². The molecule has 0 saturated carbocycles. The molecular weight excluding hydrogens is 398 g/mol. The highest BCUT2D eigenvalue weighted by atomic mass is 32.2. The van der Waals surface area contributed by atoms with E-state index in [1.54, 1.807) is 30.5 Å². The van der Waals surface area contributed by atoms with Gasteiger partial charge in [0, 0.05) is 28.6 Å². The lowest BCUT2D eigenvalue weighted by Crippen LogP contribution is -2.06. The Morgan fingerprint density at radius 1 is 1.23 bits per heavy atom. The van der Waals surface area contributed by atoms with Gasteiger partial charge < -0.3 is 15.4 Å². The Kier molecular flexibility index (Phi) is 6.54. The monoisotopic (exact) mass is 421 g/mol. The van der Waals surface area contributed by atoms with Crippen LogP contribution >= 0.6 is 0 Å². The Labute approximate surface area is 176 Å². The molecule has 0 radical (unpaired) electrons. The molecule has 0 bridgehead atoms. The average molecular weight is 422 g/mol. The van der Waals surface area contributed by atoms with E-state index in [1.165, 1.54) is 6.26 Å². The van der Waals surface area contributed by atoms with E-state index < -0.39 is 9.73 Å². The molecule has 0 fully saturated rings. The van der Waals surface area contributed by atoms with Crippen LogP contribution in [0.2, 0.25) is 0 Å². The number of anilines is 3. The fraction of sp³-hybridized carbons (Fsp3) is 0.182. The lowest BCUT2D eigenvalue weighted by molar-refractivity contribution is 0.340. The third-order valence-corrected chi connectivity index (χ3v) is 5.32. The summed E-state index contributed by atoms with van der Waals surface area (Å²) in [6, 6.07) is 14.5. The maximum absolute atomic E-state index is 12.0. The van der Waals surface area contributed by atoms with Crippen LogP contribution in [-0.2, 0) is 9.73 Å². The van der Waals surface area contributed by atoms with Crippen molar-refractivity contribution in [2.45, 2.75) is 11.8 Å². The van der Waals surface area contributed by atoms with E-state index in [0.29, 0.717) is 35.5 Å². The van der Waals surface area contributed by atoms with Crippen molar-refractivity contribution < 1.29 is 8.95 Å².